The fourth-order valence-corrected chi connectivity index (χ4v) is 1.92. The summed E-state index contributed by atoms with van der Waals surface area (Å²) in [6.07, 6.45) is 2.31. The largest absolute Gasteiger partial charge is 0.478 e. The second-order valence-electron chi connectivity index (χ2n) is 2.79. The number of carboxylic acids is 1. The lowest BCUT2D eigenvalue weighted by Crippen LogP contribution is -1.98. The van der Waals surface area contributed by atoms with Crippen LogP contribution in [0.5, 0.6) is 0 Å². The Bertz CT molecular complexity index is 358. The highest BCUT2D eigenvalue weighted by Gasteiger charge is 2.14. The molecule has 0 atom stereocenters. The van der Waals surface area contributed by atoms with Gasteiger partial charge in [-0.25, -0.2) is 9.79 Å². The monoisotopic (exact) mass is 212 g/mol. The number of nitrogens with two attached hydrogens (primary N) is 1. The van der Waals surface area contributed by atoms with Gasteiger partial charge in [0.05, 0.1) is 5.56 Å². The molecule has 4 nitrogen and oxygen atoms in total. The van der Waals surface area contributed by atoms with E-state index in [0.717, 1.165) is 5.56 Å². The summed E-state index contributed by atoms with van der Waals surface area (Å²) >= 11 is 1.34. The third-order valence-corrected chi connectivity index (χ3v) is 2.68. The van der Waals surface area contributed by atoms with E-state index in [1.54, 1.807) is 18.5 Å². The van der Waals surface area contributed by atoms with Crippen molar-refractivity contribution in [2.75, 3.05) is 6.54 Å². The van der Waals surface area contributed by atoms with Crippen molar-refractivity contribution in [2.24, 2.45) is 10.7 Å². The van der Waals surface area contributed by atoms with Crippen molar-refractivity contribution in [2.45, 2.75) is 13.3 Å². The zero-order chi connectivity index (χ0) is 10.6. The molecule has 1 heterocycles. The van der Waals surface area contributed by atoms with E-state index in [1.807, 2.05) is 0 Å². The molecule has 0 bridgehead atoms. The van der Waals surface area contributed by atoms with Crippen LogP contribution in [0, 0.1) is 6.92 Å². The lowest BCUT2D eigenvalue weighted by atomic mass is 10.2. The summed E-state index contributed by atoms with van der Waals surface area (Å²) in [6, 6.07) is 0. The summed E-state index contributed by atoms with van der Waals surface area (Å²) in [6.45, 7) is 2.29. The lowest BCUT2D eigenvalue weighted by molar-refractivity contribution is 0.0697. The molecule has 0 radical (unpaired) electrons. The number of aliphatic imine (C=N–C) groups is 1. The quantitative estimate of drug-likeness (QED) is 0.747. The SMILES string of the molecule is Cc1csc(N=CCCN)c1C(=O)O. The van der Waals surface area contributed by atoms with Crippen LogP contribution < -0.4 is 5.73 Å². The highest BCUT2D eigenvalue weighted by molar-refractivity contribution is 7.14. The smallest absolute Gasteiger partial charge is 0.339 e. The summed E-state index contributed by atoms with van der Waals surface area (Å²) in [5.41, 5.74) is 6.34. The molecule has 0 aromatic carbocycles. The summed E-state index contributed by atoms with van der Waals surface area (Å²) in [5.74, 6) is -0.927. The Hall–Kier alpha value is -1.20. The first-order valence-corrected chi connectivity index (χ1v) is 5.08. The molecule has 0 saturated heterocycles. The van der Waals surface area contributed by atoms with Gasteiger partial charge in [0.15, 0.2) is 0 Å². The second-order valence-corrected chi connectivity index (χ2v) is 3.65. The molecule has 1 aromatic rings. The Balaban J connectivity index is 2.92. The van der Waals surface area contributed by atoms with Gasteiger partial charge in [-0.2, -0.15) is 0 Å². The summed E-state index contributed by atoms with van der Waals surface area (Å²) < 4.78 is 0. The molecule has 1 aromatic heterocycles. The van der Waals surface area contributed by atoms with Crippen molar-refractivity contribution in [1.29, 1.82) is 0 Å². The zero-order valence-corrected chi connectivity index (χ0v) is 8.67. The number of carbonyl (C=O) groups is 1. The number of aromatic carboxylic acids is 1. The van der Waals surface area contributed by atoms with E-state index in [0.29, 0.717) is 23.5 Å². The molecule has 3 N–H and O–H groups in total. The molecule has 1 rings (SSSR count). The topological polar surface area (TPSA) is 75.7 Å². The fourth-order valence-electron chi connectivity index (χ4n) is 1.01. The van der Waals surface area contributed by atoms with E-state index in [9.17, 15) is 4.79 Å². The molecule has 0 aliphatic heterocycles. The Labute approximate surface area is 86.1 Å². The van der Waals surface area contributed by atoms with Crippen LogP contribution in [0.25, 0.3) is 0 Å². The molecule has 0 aliphatic rings. The molecule has 0 unspecified atom stereocenters. The number of carboxylic acid groups (broad SMARTS) is 1. The van der Waals surface area contributed by atoms with Gasteiger partial charge in [0, 0.05) is 6.21 Å². The van der Waals surface area contributed by atoms with E-state index in [2.05, 4.69) is 4.99 Å². The summed E-state index contributed by atoms with van der Waals surface area (Å²) in [4.78, 5) is 14.9. The van der Waals surface area contributed by atoms with Crippen LogP contribution >= 0.6 is 11.3 Å². The van der Waals surface area contributed by atoms with Crippen LogP contribution in [-0.2, 0) is 0 Å². The number of nitrogens with zero attached hydrogens (tertiary/aromatic N) is 1. The Kier molecular flexibility index (Phi) is 3.79. The maximum Gasteiger partial charge on any atom is 0.339 e. The van der Waals surface area contributed by atoms with Crippen molar-refractivity contribution in [3.8, 4) is 0 Å². The van der Waals surface area contributed by atoms with E-state index >= 15 is 0 Å². The summed E-state index contributed by atoms with van der Waals surface area (Å²) in [7, 11) is 0. The van der Waals surface area contributed by atoms with Gasteiger partial charge >= 0.3 is 5.97 Å². The highest BCUT2D eigenvalue weighted by Crippen LogP contribution is 2.30. The molecule has 0 fully saturated rings. The molecule has 0 aliphatic carbocycles. The second kappa shape index (κ2) is 4.88. The van der Waals surface area contributed by atoms with Gasteiger partial charge in [0.1, 0.15) is 5.00 Å². The molecular weight excluding hydrogens is 200 g/mol. The predicted octanol–water partition coefficient (Wildman–Crippen LogP) is 1.81. The maximum absolute atomic E-state index is 10.8. The number of hydrogen-bond donors (Lipinski definition) is 2. The van der Waals surface area contributed by atoms with Crippen molar-refractivity contribution < 1.29 is 9.90 Å². The fraction of sp³-hybridized carbons (Fsp3) is 0.333. The molecule has 76 valence electrons. The van der Waals surface area contributed by atoms with Crippen LogP contribution in [0.1, 0.15) is 22.3 Å². The normalized spacial score (nSPS) is 11.0. The minimum atomic E-state index is -0.927. The number of thiophene rings is 1. The van der Waals surface area contributed by atoms with Gasteiger partial charge in [-0.15, -0.1) is 11.3 Å². The third kappa shape index (κ3) is 2.40. The molecule has 0 saturated carbocycles. The first-order chi connectivity index (χ1) is 6.66. The average Bonchev–Trinajstić information content (AvgIpc) is 2.47. The first kappa shape index (κ1) is 10.9. The van der Waals surface area contributed by atoms with Crippen LogP contribution in [0.15, 0.2) is 10.4 Å². The van der Waals surface area contributed by atoms with Crippen molar-refractivity contribution in [1.82, 2.24) is 0 Å². The van der Waals surface area contributed by atoms with Gasteiger partial charge in [-0.3, -0.25) is 0 Å². The first-order valence-electron chi connectivity index (χ1n) is 4.20. The van der Waals surface area contributed by atoms with Crippen molar-refractivity contribution in [3.05, 3.63) is 16.5 Å². The Morgan fingerprint density at radius 2 is 2.50 bits per heavy atom. The van der Waals surface area contributed by atoms with E-state index in [1.165, 1.54) is 11.3 Å². The van der Waals surface area contributed by atoms with Gasteiger partial charge < -0.3 is 10.8 Å². The van der Waals surface area contributed by atoms with Gasteiger partial charge in [0.25, 0.3) is 0 Å². The number of aryl methyl sites for hydroxylation is 1. The van der Waals surface area contributed by atoms with Crippen LogP contribution in [0.2, 0.25) is 0 Å². The van der Waals surface area contributed by atoms with Gasteiger partial charge in [-0.05, 0) is 30.8 Å². The molecule has 5 heteroatoms. The molecule has 14 heavy (non-hydrogen) atoms. The van der Waals surface area contributed by atoms with Gasteiger partial charge in [0.2, 0.25) is 0 Å². The molecule has 0 spiro atoms. The summed E-state index contributed by atoms with van der Waals surface area (Å²) in [5, 5.41) is 11.2. The highest BCUT2D eigenvalue weighted by atomic mass is 32.1. The predicted molar refractivity (Wildman–Crippen MR) is 57.8 cm³/mol. The number of hydrogen-bond acceptors (Lipinski definition) is 4. The van der Waals surface area contributed by atoms with Crippen LogP contribution in [0.3, 0.4) is 0 Å². The third-order valence-electron chi connectivity index (χ3n) is 1.67. The van der Waals surface area contributed by atoms with Crippen LogP contribution in [-0.4, -0.2) is 23.8 Å². The standard InChI is InChI=1S/C9H12N2O2S/c1-6-5-14-8(7(6)9(12)13)11-4-2-3-10/h4-5H,2-3,10H2,1H3,(H,12,13). The zero-order valence-electron chi connectivity index (χ0n) is 7.86. The molecule has 0 amide bonds. The van der Waals surface area contributed by atoms with E-state index in [-0.39, 0.29) is 0 Å². The van der Waals surface area contributed by atoms with Crippen molar-refractivity contribution in [3.63, 3.8) is 0 Å². The minimum Gasteiger partial charge on any atom is -0.478 e. The molecular formula is C9H12N2O2S. The lowest BCUT2D eigenvalue weighted by Gasteiger charge is -1.93. The Morgan fingerprint density at radius 3 is 3.07 bits per heavy atom. The van der Waals surface area contributed by atoms with E-state index < -0.39 is 5.97 Å². The van der Waals surface area contributed by atoms with Gasteiger partial charge in [-0.1, -0.05) is 0 Å². The maximum atomic E-state index is 10.8. The minimum absolute atomic E-state index is 0.295. The average molecular weight is 212 g/mol. The van der Waals surface area contributed by atoms with Crippen molar-refractivity contribution >= 4 is 28.5 Å². The van der Waals surface area contributed by atoms with Crippen LogP contribution in [0.4, 0.5) is 5.00 Å². The van der Waals surface area contributed by atoms with E-state index in [4.69, 9.17) is 10.8 Å². The Morgan fingerprint density at radius 1 is 1.79 bits per heavy atom. The number of rotatable bonds is 4.